The fraction of sp³-hybridized carbons (Fsp3) is 0.160. The number of methoxy groups -OCH3 is 1. The van der Waals surface area contributed by atoms with Gasteiger partial charge in [-0.2, -0.15) is 0 Å². The third-order valence-electron chi connectivity index (χ3n) is 4.83. The molecule has 1 aromatic heterocycles. The van der Waals surface area contributed by atoms with Crippen molar-refractivity contribution in [3.63, 3.8) is 0 Å². The second kappa shape index (κ2) is 9.51. The Kier molecular flexibility index (Phi) is 6.35. The van der Waals surface area contributed by atoms with Crippen LogP contribution in [0.3, 0.4) is 0 Å². The van der Waals surface area contributed by atoms with Gasteiger partial charge in [-0.05, 0) is 54.5 Å². The van der Waals surface area contributed by atoms with Gasteiger partial charge in [-0.3, -0.25) is 0 Å². The van der Waals surface area contributed by atoms with Crippen LogP contribution in [0.4, 0.5) is 0 Å². The van der Waals surface area contributed by atoms with Crippen molar-refractivity contribution in [2.24, 2.45) is 0 Å². The molecule has 4 aromatic rings. The van der Waals surface area contributed by atoms with Gasteiger partial charge < -0.3 is 14.0 Å². The smallest absolute Gasteiger partial charge is 0.161 e. The second-order valence-corrected chi connectivity index (χ2v) is 7.28. The average Bonchev–Trinajstić information content (AvgIpc) is 3.14. The van der Waals surface area contributed by atoms with Crippen LogP contribution < -0.4 is 9.47 Å². The molecular formula is C25H23ClN2O2. The fourth-order valence-electron chi connectivity index (χ4n) is 3.34. The van der Waals surface area contributed by atoms with E-state index >= 15 is 0 Å². The number of aryl methyl sites for hydroxylation is 1. The zero-order valence-corrected chi connectivity index (χ0v) is 17.5. The van der Waals surface area contributed by atoms with Crippen molar-refractivity contribution >= 4 is 34.8 Å². The summed E-state index contributed by atoms with van der Waals surface area (Å²) in [6.07, 6.45) is 4.95. The van der Waals surface area contributed by atoms with Crippen molar-refractivity contribution < 1.29 is 9.47 Å². The van der Waals surface area contributed by atoms with Crippen LogP contribution in [-0.4, -0.2) is 23.3 Å². The number of para-hydroxylation sites is 4. The molecule has 0 aliphatic carbocycles. The SMILES string of the molecule is COc1ccccc1OCCCn1c(/C=C/c2ccc(Cl)cc2)nc2ccccc21. The van der Waals surface area contributed by atoms with Crippen molar-refractivity contribution in [1.29, 1.82) is 0 Å². The average molecular weight is 419 g/mol. The fourth-order valence-corrected chi connectivity index (χ4v) is 3.47. The number of fused-ring (bicyclic) bond motifs is 1. The van der Waals surface area contributed by atoms with Gasteiger partial charge in [0, 0.05) is 11.6 Å². The monoisotopic (exact) mass is 418 g/mol. The van der Waals surface area contributed by atoms with Gasteiger partial charge >= 0.3 is 0 Å². The Morgan fingerprint density at radius 2 is 1.63 bits per heavy atom. The third kappa shape index (κ3) is 4.66. The Hall–Kier alpha value is -3.24. The Labute approximate surface area is 181 Å². The lowest BCUT2D eigenvalue weighted by molar-refractivity contribution is 0.283. The van der Waals surface area contributed by atoms with Gasteiger partial charge in [-0.25, -0.2) is 4.98 Å². The van der Waals surface area contributed by atoms with Crippen LogP contribution in [0.1, 0.15) is 17.8 Å². The van der Waals surface area contributed by atoms with Gasteiger partial charge in [-0.1, -0.05) is 54.1 Å². The first-order valence-corrected chi connectivity index (χ1v) is 10.3. The van der Waals surface area contributed by atoms with Crippen molar-refractivity contribution in [3.05, 3.63) is 89.2 Å². The summed E-state index contributed by atoms with van der Waals surface area (Å²) in [6.45, 7) is 1.39. The summed E-state index contributed by atoms with van der Waals surface area (Å²) in [5.41, 5.74) is 3.18. The van der Waals surface area contributed by atoms with Gasteiger partial charge in [0.15, 0.2) is 11.5 Å². The molecule has 0 fully saturated rings. The van der Waals surface area contributed by atoms with E-state index in [1.807, 2.05) is 72.8 Å². The molecule has 4 rings (SSSR count). The van der Waals surface area contributed by atoms with Crippen LogP contribution in [0, 0.1) is 0 Å². The highest BCUT2D eigenvalue weighted by atomic mass is 35.5. The molecule has 0 N–H and O–H groups in total. The summed E-state index contributed by atoms with van der Waals surface area (Å²) < 4.78 is 13.5. The number of rotatable bonds is 8. The van der Waals surface area contributed by atoms with Crippen LogP contribution in [-0.2, 0) is 6.54 Å². The van der Waals surface area contributed by atoms with Crippen molar-refractivity contribution in [2.75, 3.05) is 13.7 Å². The van der Waals surface area contributed by atoms with Crippen LogP contribution in [0.25, 0.3) is 23.2 Å². The summed E-state index contributed by atoms with van der Waals surface area (Å²) >= 11 is 5.98. The van der Waals surface area contributed by atoms with Crippen molar-refractivity contribution in [2.45, 2.75) is 13.0 Å². The van der Waals surface area contributed by atoms with Gasteiger partial charge in [-0.15, -0.1) is 0 Å². The molecule has 0 spiro atoms. The van der Waals surface area contributed by atoms with Crippen LogP contribution in [0.5, 0.6) is 11.5 Å². The zero-order valence-electron chi connectivity index (χ0n) is 16.8. The molecular weight excluding hydrogens is 396 g/mol. The summed E-state index contributed by atoms with van der Waals surface area (Å²) in [5.74, 6) is 2.43. The number of imidazole rings is 1. The van der Waals surface area contributed by atoms with E-state index in [-0.39, 0.29) is 0 Å². The number of hydrogen-bond acceptors (Lipinski definition) is 3. The number of halogens is 1. The molecule has 5 heteroatoms. The molecule has 4 nitrogen and oxygen atoms in total. The summed E-state index contributed by atoms with van der Waals surface area (Å²) in [7, 11) is 1.65. The number of aromatic nitrogens is 2. The molecule has 30 heavy (non-hydrogen) atoms. The summed E-state index contributed by atoms with van der Waals surface area (Å²) in [4.78, 5) is 4.80. The number of benzene rings is 3. The molecule has 1 heterocycles. The molecule has 0 radical (unpaired) electrons. The zero-order chi connectivity index (χ0) is 20.8. The largest absolute Gasteiger partial charge is 0.493 e. The molecule has 0 unspecified atom stereocenters. The van der Waals surface area contributed by atoms with Gasteiger partial charge in [0.1, 0.15) is 5.82 Å². The maximum absolute atomic E-state index is 5.98. The first-order chi connectivity index (χ1) is 14.7. The Bertz CT molecular complexity index is 1150. The maximum atomic E-state index is 5.98. The minimum atomic E-state index is 0.590. The number of ether oxygens (including phenoxy) is 2. The van der Waals surface area contributed by atoms with E-state index in [2.05, 4.69) is 16.7 Å². The van der Waals surface area contributed by atoms with Crippen LogP contribution >= 0.6 is 11.6 Å². The maximum Gasteiger partial charge on any atom is 0.161 e. The van der Waals surface area contributed by atoms with Gasteiger partial charge in [0.05, 0.1) is 24.8 Å². The molecule has 0 aliphatic heterocycles. The molecule has 0 saturated carbocycles. The lowest BCUT2D eigenvalue weighted by Crippen LogP contribution is -2.06. The Morgan fingerprint density at radius 3 is 2.43 bits per heavy atom. The van der Waals surface area contributed by atoms with E-state index in [9.17, 15) is 0 Å². The lowest BCUT2D eigenvalue weighted by Gasteiger charge is -2.11. The molecule has 0 bridgehead atoms. The molecule has 0 amide bonds. The van der Waals surface area contributed by atoms with Gasteiger partial charge in [0.2, 0.25) is 0 Å². The summed E-state index contributed by atoms with van der Waals surface area (Å²) in [6, 6.07) is 23.7. The minimum Gasteiger partial charge on any atom is -0.493 e. The highest BCUT2D eigenvalue weighted by Gasteiger charge is 2.09. The predicted octanol–water partition coefficient (Wildman–Crippen LogP) is 6.34. The Morgan fingerprint density at radius 1 is 0.900 bits per heavy atom. The third-order valence-corrected chi connectivity index (χ3v) is 5.08. The molecule has 0 atom stereocenters. The molecule has 152 valence electrons. The number of hydrogen-bond donors (Lipinski definition) is 0. The number of nitrogens with zero attached hydrogens (tertiary/aromatic N) is 2. The quantitative estimate of drug-likeness (QED) is 0.313. The standard InChI is InChI=1S/C25H23ClN2O2/c1-29-23-9-4-5-10-24(23)30-18-6-17-28-22-8-3-2-7-21(22)27-25(28)16-13-19-11-14-20(26)15-12-19/h2-5,7-16H,6,17-18H2,1H3/b16-13+. The van der Waals surface area contributed by atoms with Crippen molar-refractivity contribution in [3.8, 4) is 11.5 Å². The van der Waals surface area contributed by atoms with E-state index in [0.29, 0.717) is 6.61 Å². The van der Waals surface area contributed by atoms with Gasteiger partial charge in [0.25, 0.3) is 0 Å². The van der Waals surface area contributed by atoms with E-state index in [1.165, 1.54) is 0 Å². The van der Waals surface area contributed by atoms with E-state index in [4.69, 9.17) is 26.1 Å². The topological polar surface area (TPSA) is 36.3 Å². The first kappa shape index (κ1) is 20.0. The summed E-state index contributed by atoms with van der Waals surface area (Å²) in [5, 5.41) is 0.731. The van der Waals surface area contributed by atoms with E-state index < -0.39 is 0 Å². The van der Waals surface area contributed by atoms with Crippen LogP contribution in [0.15, 0.2) is 72.8 Å². The van der Waals surface area contributed by atoms with E-state index in [1.54, 1.807) is 7.11 Å². The highest BCUT2D eigenvalue weighted by Crippen LogP contribution is 2.26. The first-order valence-electron chi connectivity index (χ1n) is 9.89. The normalized spacial score (nSPS) is 11.3. The Balaban J connectivity index is 1.49. The minimum absolute atomic E-state index is 0.590. The van der Waals surface area contributed by atoms with Crippen LogP contribution in [0.2, 0.25) is 5.02 Å². The van der Waals surface area contributed by atoms with Crippen molar-refractivity contribution in [1.82, 2.24) is 9.55 Å². The molecule has 0 saturated heterocycles. The second-order valence-electron chi connectivity index (χ2n) is 6.85. The highest BCUT2D eigenvalue weighted by molar-refractivity contribution is 6.30. The predicted molar refractivity (Wildman–Crippen MR) is 123 cm³/mol. The van der Waals surface area contributed by atoms with E-state index in [0.717, 1.165) is 51.9 Å². The molecule has 3 aromatic carbocycles. The lowest BCUT2D eigenvalue weighted by atomic mass is 10.2. The molecule has 0 aliphatic rings.